The standard InChI is InChI=1S/C13H17N5OS2/c1-7-10(21-17-15-7)12(19)14-11-8-5-20-6-9(8)16-18(11)13(2,3)4/h5-6H2,1-4H3,(H,14,19). The Kier molecular flexibility index (Phi) is 3.53. The van der Waals surface area contributed by atoms with E-state index in [4.69, 9.17) is 0 Å². The molecule has 0 spiro atoms. The number of hydrogen-bond donors (Lipinski definition) is 1. The van der Waals surface area contributed by atoms with Gasteiger partial charge in [0.15, 0.2) is 0 Å². The molecule has 1 amide bonds. The number of carbonyl (C=O) groups excluding carboxylic acids is 1. The maximum Gasteiger partial charge on any atom is 0.270 e. The van der Waals surface area contributed by atoms with Crippen LogP contribution < -0.4 is 5.32 Å². The minimum Gasteiger partial charge on any atom is -0.306 e. The van der Waals surface area contributed by atoms with Gasteiger partial charge in [-0.1, -0.05) is 4.49 Å². The molecule has 1 aliphatic rings. The van der Waals surface area contributed by atoms with Crippen LogP contribution in [0.3, 0.4) is 0 Å². The Labute approximate surface area is 131 Å². The number of carbonyl (C=O) groups is 1. The SMILES string of the molecule is Cc1nnsc1C(=O)Nc1c2c(nn1C(C)(C)C)CSC2. The highest BCUT2D eigenvalue weighted by molar-refractivity contribution is 7.98. The van der Waals surface area contributed by atoms with Crippen molar-refractivity contribution in [3.05, 3.63) is 21.8 Å². The predicted molar refractivity (Wildman–Crippen MR) is 84.8 cm³/mol. The second kappa shape index (κ2) is 5.10. The molecular weight excluding hydrogens is 306 g/mol. The quantitative estimate of drug-likeness (QED) is 0.920. The van der Waals surface area contributed by atoms with Crippen molar-refractivity contribution in [1.29, 1.82) is 0 Å². The number of aromatic nitrogens is 4. The van der Waals surface area contributed by atoms with E-state index in [0.717, 1.165) is 40.1 Å². The summed E-state index contributed by atoms with van der Waals surface area (Å²) in [4.78, 5) is 13.0. The van der Waals surface area contributed by atoms with Crippen LogP contribution in [0.1, 0.15) is 47.4 Å². The molecule has 0 fully saturated rings. The monoisotopic (exact) mass is 323 g/mol. The Morgan fingerprint density at radius 3 is 2.71 bits per heavy atom. The number of hydrogen-bond acceptors (Lipinski definition) is 6. The van der Waals surface area contributed by atoms with Gasteiger partial charge in [0.05, 0.1) is 16.9 Å². The molecule has 0 unspecified atom stereocenters. The molecule has 2 aromatic rings. The zero-order chi connectivity index (χ0) is 15.2. The summed E-state index contributed by atoms with van der Waals surface area (Å²) < 4.78 is 5.74. The average molecular weight is 323 g/mol. The summed E-state index contributed by atoms with van der Waals surface area (Å²) in [5.74, 6) is 2.44. The lowest BCUT2D eigenvalue weighted by atomic mass is 10.1. The molecule has 0 bridgehead atoms. The summed E-state index contributed by atoms with van der Waals surface area (Å²) in [6, 6.07) is 0. The molecule has 1 aliphatic heterocycles. The molecule has 2 aromatic heterocycles. The number of nitrogens with one attached hydrogen (secondary N) is 1. The van der Waals surface area contributed by atoms with Crippen LogP contribution in [-0.4, -0.2) is 25.3 Å². The third kappa shape index (κ3) is 2.57. The van der Waals surface area contributed by atoms with E-state index in [1.54, 1.807) is 6.92 Å². The molecule has 3 rings (SSSR count). The molecule has 6 nitrogen and oxygen atoms in total. The van der Waals surface area contributed by atoms with Crippen LogP contribution in [0.4, 0.5) is 5.82 Å². The van der Waals surface area contributed by atoms with Gasteiger partial charge in [-0.3, -0.25) is 4.79 Å². The first kappa shape index (κ1) is 14.5. The van der Waals surface area contributed by atoms with Crippen molar-refractivity contribution >= 4 is 35.0 Å². The van der Waals surface area contributed by atoms with Crippen molar-refractivity contribution < 1.29 is 4.79 Å². The Hall–Kier alpha value is -1.41. The van der Waals surface area contributed by atoms with E-state index >= 15 is 0 Å². The molecule has 8 heteroatoms. The number of anilines is 1. The predicted octanol–water partition coefficient (Wildman–Crippen LogP) is 2.80. The third-order valence-corrected chi connectivity index (χ3v) is 5.07. The van der Waals surface area contributed by atoms with E-state index in [1.807, 2.05) is 16.4 Å². The molecule has 0 aliphatic carbocycles. The fraction of sp³-hybridized carbons (Fsp3) is 0.538. The van der Waals surface area contributed by atoms with Crippen LogP contribution in [0.25, 0.3) is 0 Å². The number of fused-ring (bicyclic) bond motifs is 1. The molecule has 0 radical (unpaired) electrons. The lowest BCUT2D eigenvalue weighted by Crippen LogP contribution is -2.27. The Morgan fingerprint density at radius 2 is 2.10 bits per heavy atom. The van der Waals surface area contributed by atoms with Crippen LogP contribution in [0.2, 0.25) is 0 Å². The Morgan fingerprint density at radius 1 is 1.33 bits per heavy atom. The number of rotatable bonds is 2. The number of amides is 1. The molecule has 21 heavy (non-hydrogen) atoms. The Bertz CT molecular complexity index is 698. The van der Waals surface area contributed by atoms with Gasteiger partial charge < -0.3 is 5.32 Å². The van der Waals surface area contributed by atoms with Gasteiger partial charge >= 0.3 is 0 Å². The fourth-order valence-electron chi connectivity index (χ4n) is 2.23. The van der Waals surface area contributed by atoms with Crippen molar-refractivity contribution in [3.63, 3.8) is 0 Å². The van der Waals surface area contributed by atoms with Gasteiger partial charge in [-0.05, 0) is 39.2 Å². The second-order valence-corrected chi connectivity index (χ2v) is 7.73. The van der Waals surface area contributed by atoms with Gasteiger partial charge in [0.2, 0.25) is 0 Å². The van der Waals surface area contributed by atoms with Gasteiger partial charge in [0, 0.05) is 17.1 Å². The summed E-state index contributed by atoms with van der Waals surface area (Å²) in [5, 5.41) is 11.6. The number of nitrogens with zero attached hydrogens (tertiary/aromatic N) is 4. The molecule has 0 saturated carbocycles. The normalized spacial score (nSPS) is 14.3. The second-order valence-electron chi connectivity index (χ2n) is 5.99. The number of thioether (sulfide) groups is 1. The van der Waals surface area contributed by atoms with E-state index in [0.29, 0.717) is 10.6 Å². The van der Waals surface area contributed by atoms with Gasteiger partial charge in [-0.2, -0.15) is 16.9 Å². The highest BCUT2D eigenvalue weighted by Gasteiger charge is 2.29. The van der Waals surface area contributed by atoms with Crippen LogP contribution in [0.5, 0.6) is 0 Å². The van der Waals surface area contributed by atoms with E-state index in [9.17, 15) is 4.79 Å². The average Bonchev–Trinajstić information content (AvgIpc) is 3.04. The smallest absolute Gasteiger partial charge is 0.270 e. The number of aryl methyl sites for hydroxylation is 1. The van der Waals surface area contributed by atoms with E-state index in [1.165, 1.54) is 0 Å². The zero-order valence-electron chi connectivity index (χ0n) is 12.4. The highest BCUT2D eigenvalue weighted by atomic mass is 32.2. The van der Waals surface area contributed by atoms with Crippen molar-refractivity contribution in [1.82, 2.24) is 19.4 Å². The van der Waals surface area contributed by atoms with Gasteiger partial charge in [-0.15, -0.1) is 5.10 Å². The molecular formula is C13H17N5OS2. The van der Waals surface area contributed by atoms with Crippen LogP contribution in [-0.2, 0) is 17.0 Å². The summed E-state index contributed by atoms with van der Waals surface area (Å²) in [5.41, 5.74) is 2.69. The molecule has 0 saturated heterocycles. The summed E-state index contributed by atoms with van der Waals surface area (Å²) in [6.07, 6.45) is 0. The summed E-state index contributed by atoms with van der Waals surface area (Å²) in [7, 11) is 0. The van der Waals surface area contributed by atoms with Gasteiger partial charge in [0.25, 0.3) is 5.91 Å². The van der Waals surface area contributed by atoms with Crippen molar-refractivity contribution in [2.75, 3.05) is 5.32 Å². The van der Waals surface area contributed by atoms with Crippen molar-refractivity contribution in [2.45, 2.75) is 44.7 Å². The van der Waals surface area contributed by atoms with Gasteiger partial charge in [0.1, 0.15) is 10.7 Å². The van der Waals surface area contributed by atoms with Crippen LogP contribution >= 0.6 is 23.3 Å². The minimum atomic E-state index is -0.182. The maximum atomic E-state index is 12.4. The molecule has 1 N–H and O–H groups in total. The molecule has 0 atom stereocenters. The van der Waals surface area contributed by atoms with Crippen molar-refractivity contribution in [3.8, 4) is 0 Å². The third-order valence-electron chi connectivity index (χ3n) is 3.28. The maximum absolute atomic E-state index is 12.4. The summed E-state index contributed by atoms with van der Waals surface area (Å²) in [6.45, 7) is 8.03. The topological polar surface area (TPSA) is 72.7 Å². The van der Waals surface area contributed by atoms with E-state index in [2.05, 4.69) is 40.8 Å². The molecule has 112 valence electrons. The first-order chi connectivity index (χ1) is 9.88. The first-order valence-electron chi connectivity index (χ1n) is 6.67. The highest BCUT2D eigenvalue weighted by Crippen LogP contribution is 2.37. The van der Waals surface area contributed by atoms with E-state index in [-0.39, 0.29) is 11.4 Å². The molecule has 0 aromatic carbocycles. The lowest BCUT2D eigenvalue weighted by molar-refractivity contribution is 0.102. The minimum absolute atomic E-state index is 0.160. The van der Waals surface area contributed by atoms with Crippen LogP contribution in [0.15, 0.2) is 0 Å². The van der Waals surface area contributed by atoms with E-state index < -0.39 is 0 Å². The Balaban J connectivity index is 1.98. The lowest BCUT2D eigenvalue weighted by Gasteiger charge is -2.23. The summed E-state index contributed by atoms with van der Waals surface area (Å²) >= 11 is 2.94. The largest absolute Gasteiger partial charge is 0.306 e. The van der Waals surface area contributed by atoms with Gasteiger partial charge in [-0.25, -0.2) is 4.68 Å². The van der Waals surface area contributed by atoms with Crippen LogP contribution in [0, 0.1) is 6.92 Å². The van der Waals surface area contributed by atoms with Crippen molar-refractivity contribution in [2.24, 2.45) is 0 Å². The molecule has 3 heterocycles. The fourth-order valence-corrected chi connectivity index (χ4v) is 3.82. The zero-order valence-corrected chi connectivity index (χ0v) is 14.1. The first-order valence-corrected chi connectivity index (χ1v) is 8.60.